The van der Waals surface area contributed by atoms with Gasteiger partial charge in [-0.15, -0.1) is 0 Å². The van der Waals surface area contributed by atoms with Crippen molar-refractivity contribution in [1.29, 1.82) is 5.26 Å². The van der Waals surface area contributed by atoms with E-state index in [1.54, 1.807) is 0 Å². The highest BCUT2D eigenvalue weighted by Gasteiger charge is 2.15. The molecule has 0 amide bonds. The van der Waals surface area contributed by atoms with E-state index in [0.717, 1.165) is 12.0 Å². The molecule has 0 atom stereocenters. The molecular weight excluding hydrogens is 174 g/mol. The molecule has 0 aromatic carbocycles. The summed E-state index contributed by atoms with van der Waals surface area (Å²) in [7, 11) is 1.92. The van der Waals surface area contributed by atoms with Gasteiger partial charge >= 0.3 is 0 Å². The van der Waals surface area contributed by atoms with Gasteiger partial charge in [0.25, 0.3) is 0 Å². The van der Waals surface area contributed by atoms with Crippen LogP contribution in [0.5, 0.6) is 0 Å². The van der Waals surface area contributed by atoms with Gasteiger partial charge in [-0.25, -0.2) is 0 Å². The van der Waals surface area contributed by atoms with E-state index in [9.17, 15) is 0 Å². The predicted molar refractivity (Wildman–Crippen MR) is 57.8 cm³/mol. The molecule has 3 heteroatoms. The molecule has 0 saturated heterocycles. The third kappa shape index (κ3) is 1.60. The SMILES string of the molecule is Cc1c(C#N)c(N)n(C)c1CC(C)C. The van der Waals surface area contributed by atoms with Crippen molar-refractivity contribution >= 4 is 5.82 Å². The van der Waals surface area contributed by atoms with Crippen molar-refractivity contribution in [2.75, 3.05) is 5.73 Å². The molecule has 0 unspecified atom stereocenters. The Morgan fingerprint density at radius 1 is 1.50 bits per heavy atom. The van der Waals surface area contributed by atoms with Crippen LogP contribution in [0.2, 0.25) is 0 Å². The molecule has 14 heavy (non-hydrogen) atoms. The molecule has 1 heterocycles. The minimum absolute atomic E-state index is 0.577. The number of hydrogen-bond acceptors (Lipinski definition) is 2. The van der Waals surface area contributed by atoms with Crippen molar-refractivity contribution in [2.45, 2.75) is 27.2 Å². The topological polar surface area (TPSA) is 54.7 Å². The second-order valence-electron chi connectivity index (χ2n) is 4.10. The maximum absolute atomic E-state index is 8.93. The summed E-state index contributed by atoms with van der Waals surface area (Å²) >= 11 is 0. The lowest BCUT2D eigenvalue weighted by Gasteiger charge is -2.08. The van der Waals surface area contributed by atoms with Gasteiger partial charge in [0, 0.05) is 12.7 Å². The molecule has 1 aromatic rings. The van der Waals surface area contributed by atoms with Crippen LogP contribution in [0.3, 0.4) is 0 Å². The Labute approximate surface area is 85.1 Å². The highest BCUT2D eigenvalue weighted by molar-refractivity contribution is 5.57. The van der Waals surface area contributed by atoms with E-state index in [-0.39, 0.29) is 0 Å². The number of nitriles is 1. The standard InChI is InChI=1S/C11H17N3/c1-7(2)5-10-8(3)9(6-12)11(13)14(10)4/h7H,5,13H2,1-4H3. The molecule has 0 aliphatic rings. The maximum atomic E-state index is 8.93. The molecule has 1 rings (SSSR count). The van der Waals surface area contributed by atoms with Crippen molar-refractivity contribution in [3.63, 3.8) is 0 Å². The van der Waals surface area contributed by atoms with E-state index >= 15 is 0 Å². The smallest absolute Gasteiger partial charge is 0.121 e. The number of anilines is 1. The van der Waals surface area contributed by atoms with Gasteiger partial charge in [0.2, 0.25) is 0 Å². The van der Waals surface area contributed by atoms with Crippen LogP contribution in [0.15, 0.2) is 0 Å². The van der Waals surface area contributed by atoms with Gasteiger partial charge in [-0.05, 0) is 24.8 Å². The van der Waals surface area contributed by atoms with Crippen molar-refractivity contribution < 1.29 is 0 Å². The predicted octanol–water partition coefficient (Wildman–Crippen LogP) is 1.99. The summed E-state index contributed by atoms with van der Waals surface area (Å²) < 4.78 is 1.92. The molecule has 3 nitrogen and oxygen atoms in total. The lowest BCUT2D eigenvalue weighted by Crippen LogP contribution is -2.04. The number of hydrogen-bond donors (Lipinski definition) is 1. The zero-order valence-corrected chi connectivity index (χ0v) is 9.26. The lowest BCUT2D eigenvalue weighted by molar-refractivity contribution is 0.615. The second kappa shape index (κ2) is 3.75. The number of nitrogens with zero attached hydrogens (tertiary/aromatic N) is 2. The summed E-state index contributed by atoms with van der Waals surface area (Å²) in [4.78, 5) is 0. The van der Waals surface area contributed by atoms with Gasteiger partial charge in [-0.2, -0.15) is 5.26 Å². The number of rotatable bonds is 2. The zero-order chi connectivity index (χ0) is 10.9. The number of aromatic nitrogens is 1. The summed E-state index contributed by atoms with van der Waals surface area (Å²) in [6, 6.07) is 2.15. The number of nitrogens with two attached hydrogens (primary N) is 1. The summed E-state index contributed by atoms with van der Waals surface area (Å²) in [6.45, 7) is 6.29. The number of nitrogen functional groups attached to an aromatic ring is 1. The Hall–Kier alpha value is -1.43. The maximum Gasteiger partial charge on any atom is 0.121 e. The first-order valence-electron chi connectivity index (χ1n) is 4.82. The lowest BCUT2D eigenvalue weighted by atomic mass is 10.0. The molecule has 0 radical (unpaired) electrons. The average Bonchev–Trinajstić information content (AvgIpc) is 2.30. The van der Waals surface area contributed by atoms with Crippen molar-refractivity contribution in [3.05, 3.63) is 16.8 Å². The molecule has 76 valence electrons. The van der Waals surface area contributed by atoms with E-state index in [1.807, 2.05) is 18.5 Å². The van der Waals surface area contributed by atoms with Crippen molar-refractivity contribution in [1.82, 2.24) is 4.57 Å². The molecule has 0 aliphatic heterocycles. The average molecular weight is 191 g/mol. The quantitative estimate of drug-likeness (QED) is 0.777. The molecule has 0 bridgehead atoms. The van der Waals surface area contributed by atoms with Gasteiger partial charge in [0.05, 0.1) is 5.56 Å². The van der Waals surface area contributed by atoms with Crippen LogP contribution in [0.25, 0.3) is 0 Å². The summed E-state index contributed by atoms with van der Waals surface area (Å²) in [5.74, 6) is 1.16. The van der Waals surface area contributed by atoms with Crippen LogP contribution >= 0.6 is 0 Å². The van der Waals surface area contributed by atoms with Gasteiger partial charge < -0.3 is 10.3 Å². The molecule has 0 aliphatic carbocycles. The van der Waals surface area contributed by atoms with Gasteiger partial charge in [0.1, 0.15) is 11.9 Å². The van der Waals surface area contributed by atoms with E-state index < -0.39 is 0 Å². The molecule has 2 N–H and O–H groups in total. The van der Waals surface area contributed by atoms with Crippen molar-refractivity contribution in [3.8, 4) is 6.07 Å². The largest absolute Gasteiger partial charge is 0.384 e. The first-order chi connectivity index (χ1) is 6.49. The Balaban J connectivity index is 3.25. The van der Waals surface area contributed by atoms with Crippen LogP contribution in [-0.4, -0.2) is 4.57 Å². The van der Waals surface area contributed by atoms with Crippen LogP contribution in [0, 0.1) is 24.2 Å². The Morgan fingerprint density at radius 3 is 2.43 bits per heavy atom. The molecule has 0 fully saturated rings. The third-order valence-corrected chi connectivity index (χ3v) is 2.54. The Kier molecular flexibility index (Phi) is 2.85. The molecule has 0 spiro atoms. The summed E-state index contributed by atoms with van der Waals surface area (Å²) in [5.41, 5.74) is 8.66. The first kappa shape index (κ1) is 10.6. The zero-order valence-electron chi connectivity index (χ0n) is 9.26. The Bertz CT molecular complexity index is 380. The minimum Gasteiger partial charge on any atom is -0.384 e. The van der Waals surface area contributed by atoms with E-state index in [4.69, 9.17) is 11.0 Å². The fraction of sp³-hybridized carbons (Fsp3) is 0.545. The molecule has 0 saturated carbocycles. The van der Waals surface area contributed by atoms with Crippen LogP contribution < -0.4 is 5.73 Å². The van der Waals surface area contributed by atoms with Gasteiger partial charge in [-0.1, -0.05) is 13.8 Å². The van der Waals surface area contributed by atoms with Crippen molar-refractivity contribution in [2.24, 2.45) is 13.0 Å². The summed E-state index contributed by atoms with van der Waals surface area (Å²) in [6.07, 6.45) is 0.966. The van der Waals surface area contributed by atoms with Crippen LogP contribution in [0.1, 0.15) is 30.7 Å². The minimum atomic E-state index is 0.577. The van der Waals surface area contributed by atoms with E-state index in [2.05, 4.69) is 19.9 Å². The highest BCUT2D eigenvalue weighted by atomic mass is 15.0. The first-order valence-corrected chi connectivity index (χ1v) is 4.82. The highest BCUT2D eigenvalue weighted by Crippen LogP contribution is 2.24. The van der Waals surface area contributed by atoms with Gasteiger partial charge in [0.15, 0.2) is 0 Å². The monoisotopic (exact) mass is 191 g/mol. The fourth-order valence-electron chi connectivity index (χ4n) is 1.72. The Morgan fingerprint density at radius 2 is 2.07 bits per heavy atom. The van der Waals surface area contributed by atoms with E-state index in [1.165, 1.54) is 5.69 Å². The van der Waals surface area contributed by atoms with Crippen LogP contribution in [0.4, 0.5) is 5.82 Å². The van der Waals surface area contributed by atoms with E-state index in [0.29, 0.717) is 17.3 Å². The molecular formula is C11H17N3. The second-order valence-corrected chi connectivity index (χ2v) is 4.10. The summed E-state index contributed by atoms with van der Waals surface area (Å²) in [5, 5.41) is 8.93. The van der Waals surface area contributed by atoms with Crippen LogP contribution in [-0.2, 0) is 13.5 Å². The molecule has 1 aromatic heterocycles. The fourth-order valence-corrected chi connectivity index (χ4v) is 1.72. The third-order valence-electron chi connectivity index (χ3n) is 2.54. The normalized spacial score (nSPS) is 10.6. The van der Waals surface area contributed by atoms with Gasteiger partial charge in [-0.3, -0.25) is 0 Å².